The van der Waals surface area contributed by atoms with E-state index in [1.165, 1.54) is 12.1 Å². The molecule has 0 fully saturated rings. The molecule has 0 aliphatic carbocycles. The SMILES string of the molecule is C=CC(=O)Nc1cc2nc(Cc3ccccc3)oc2cc1F. The van der Waals surface area contributed by atoms with Crippen LogP contribution in [0.2, 0.25) is 0 Å². The molecule has 0 saturated heterocycles. The molecule has 0 radical (unpaired) electrons. The van der Waals surface area contributed by atoms with Gasteiger partial charge in [-0.3, -0.25) is 4.79 Å². The minimum Gasteiger partial charge on any atom is -0.440 e. The third-order valence-corrected chi connectivity index (χ3v) is 3.16. The van der Waals surface area contributed by atoms with Crippen molar-refractivity contribution in [3.05, 3.63) is 72.4 Å². The first-order chi connectivity index (χ1) is 10.7. The number of nitrogens with one attached hydrogen (secondary N) is 1. The third-order valence-electron chi connectivity index (χ3n) is 3.16. The second kappa shape index (κ2) is 5.81. The van der Waals surface area contributed by atoms with E-state index in [0.717, 1.165) is 11.6 Å². The van der Waals surface area contributed by atoms with Crippen molar-refractivity contribution < 1.29 is 13.6 Å². The Hall–Kier alpha value is -2.95. The second-order valence-corrected chi connectivity index (χ2v) is 4.76. The number of rotatable bonds is 4. The van der Waals surface area contributed by atoms with Gasteiger partial charge in [0.15, 0.2) is 17.3 Å². The summed E-state index contributed by atoms with van der Waals surface area (Å²) < 4.78 is 19.5. The number of carbonyl (C=O) groups is 1. The number of amides is 1. The number of hydrogen-bond donors (Lipinski definition) is 1. The second-order valence-electron chi connectivity index (χ2n) is 4.76. The van der Waals surface area contributed by atoms with Crippen LogP contribution in [0.5, 0.6) is 0 Å². The minimum absolute atomic E-state index is 0.0527. The van der Waals surface area contributed by atoms with Crippen molar-refractivity contribution in [2.75, 3.05) is 5.32 Å². The standard InChI is InChI=1S/C17H13FN2O2/c1-2-16(21)19-13-10-14-15(9-12(13)18)22-17(20-14)8-11-6-4-3-5-7-11/h2-7,9-10H,1,8H2,(H,19,21). The van der Waals surface area contributed by atoms with Crippen LogP contribution in [0.3, 0.4) is 0 Å². The molecule has 1 heterocycles. The Labute approximate surface area is 126 Å². The van der Waals surface area contributed by atoms with E-state index in [1.807, 2.05) is 30.3 Å². The number of anilines is 1. The van der Waals surface area contributed by atoms with Gasteiger partial charge in [0.2, 0.25) is 5.91 Å². The Morgan fingerprint density at radius 1 is 1.32 bits per heavy atom. The zero-order valence-corrected chi connectivity index (χ0v) is 11.7. The summed E-state index contributed by atoms with van der Waals surface area (Å²) >= 11 is 0. The van der Waals surface area contributed by atoms with Crippen LogP contribution in [-0.4, -0.2) is 10.9 Å². The van der Waals surface area contributed by atoms with E-state index in [2.05, 4.69) is 16.9 Å². The number of halogens is 1. The zero-order chi connectivity index (χ0) is 15.5. The summed E-state index contributed by atoms with van der Waals surface area (Å²) in [5, 5.41) is 2.40. The van der Waals surface area contributed by atoms with Crippen LogP contribution in [0, 0.1) is 5.82 Å². The van der Waals surface area contributed by atoms with E-state index in [1.54, 1.807) is 0 Å². The van der Waals surface area contributed by atoms with Crippen LogP contribution in [0.1, 0.15) is 11.5 Å². The molecule has 110 valence electrons. The fraction of sp³-hybridized carbons (Fsp3) is 0.0588. The van der Waals surface area contributed by atoms with Crippen LogP contribution in [0.15, 0.2) is 59.5 Å². The summed E-state index contributed by atoms with van der Waals surface area (Å²) in [5.74, 6) is -0.566. The topological polar surface area (TPSA) is 55.1 Å². The number of oxazole rings is 1. The Kier molecular flexibility index (Phi) is 3.70. The smallest absolute Gasteiger partial charge is 0.247 e. The molecule has 0 atom stereocenters. The first-order valence-electron chi connectivity index (χ1n) is 6.72. The molecule has 1 amide bonds. The van der Waals surface area contributed by atoms with Crippen LogP contribution in [0.25, 0.3) is 11.1 Å². The summed E-state index contributed by atoms with van der Waals surface area (Å²) in [6, 6.07) is 12.4. The van der Waals surface area contributed by atoms with Crippen molar-refractivity contribution in [2.24, 2.45) is 0 Å². The molecule has 3 aromatic rings. The van der Waals surface area contributed by atoms with Gasteiger partial charge in [-0.25, -0.2) is 9.37 Å². The highest BCUT2D eigenvalue weighted by Gasteiger charge is 2.12. The highest BCUT2D eigenvalue weighted by Crippen LogP contribution is 2.24. The first kappa shape index (κ1) is 14.0. The highest BCUT2D eigenvalue weighted by atomic mass is 19.1. The summed E-state index contributed by atoms with van der Waals surface area (Å²) in [7, 11) is 0. The molecular weight excluding hydrogens is 283 g/mol. The maximum Gasteiger partial charge on any atom is 0.247 e. The number of benzene rings is 2. The lowest BCUT2D eigenvalue weighted by Crippen LogP contribution is -2.08. The van der Waals surface area contributed by atoms with Crippen molar-refractivity contribution in [3.63, 3.8) is 0 Å². The molecule has 1 aromatic heterocycles. The molecule has 2 aromatic carbocycles. The lowest BCUT2D eigenvalue weighted by atomic mass is 10.1. The van der Waals surface area contributed by atoms with E-state index in [0.29, 0.717) is 23.4 Å². The normalized spacial score (nSPS) is 10.6. The molecule has 22 heavy (non-hydrogen) atoms. The lowest BCUT2D eigenvalue weighted by molar-refractivity contribution is -0.111. The van der Waals surface area contributed by atoms with Gasteiger partial charge in [0.1, 0.15) is 5.52 Å². The van der Waals surface area contributed by atoms with E-state index in [9.17, 15) is 9.18 Å². The van der Waals surface area contributed by atoms with Gasteiger partial charge in [-0.2, -0.15) is 0 Å². The van der Waals surface area contributed by atoms with Gasteiger partial charge < -0.3 is 9.73 Å². The van der Waals surface area contributed by atoms with Gasteiger partial charge in [0, 0.05) is 12.5 Å². The number of nitrogens with zero attached hydrogens (tertiary/aromatic N) is 1. The highest BCUT2D eigenvalue weighted by molar-refractivity contribution is 6.00. The van der Waals surface area contributed by atoms with E-state index in [-0.39, 0.29) is 5.69 Å². The molecule has 0 spiro atoms. The molecule has 4 nitrogen and oxygen atoms in total. The summed E-state index contributed by atoms with van der Waals surface area (Å²) in [5.41, 5.74) is 1.94. The summed E-state index contributed by atoms with van der Waals surface area (Å²) in [6.07, 6.45) is 1.60. The van der Waals surface area contributed by atoms with Crippen molar-refractivity contribution in [2.45, 2.75) is 6.42 Å². The predicted octanol–water partition coefficient (Wildman–Crippen LogP) is 3.68. The van der Waals surface area contributed by atoms with Crippen molar-refractivity contribution in [3.8, 4) is 0 Å². The number of aromatic nitrogens is 1. The van der Waals surface area contributed by atoms with Crippen molar-refractivity contribution >= 4 is 22.7 Å². The predicted molar refractivity (Wildman–Crippen MR) is 82.0 cm³/mol. The fourth-order valence-corrected chi connectivity index (χ4v) is 2.12. The Balaban J connectivity index is 1.92. The maximum absolute atomic E-state index is 13.9. The average Bonchev–Trinajstić information content (AvgIpc) is 2.89. The monoisotopic (exact) mass is 296 g/mol. The summed E-state index contributed by atoms with van der Waals surface area (Å²) in [4.78, 5) is 15.6. The summed E-state index contributed by atoms with van der Waals surface area (Å²) in [6.45, 7) is 3.33. The van der Waals surface area contributed by atoms with E-state index >= 15 is 0 Å². The van der Waals surface area contributed by atoms with E-state index in [4.69, 9.17) is 4.42 Å². The molecule has 3 rings (SSSR count). The van der Waals surface area contributed by atoms with Gasteiger partial charge >= 0.3 is 0 Å². The Bertz CT molecular complexity index is 840. The van der Waals surface area contributed by atoms with Gasteiger partial charge in [-0.05, 0) is 17.7 Å². The van der Waals surface area contributed by atoms with Gasteiger partial charge in [0.25, 0.3) is 0 Å². The van der Waals surface area contributed by atoms with Crippen LogP contribution in [0.4, 0.5) is 10.1 Å². The quantitative estimate of drug-likeness (QED) is 0.747. The van der Waals surface area contributed by atoms with Gasteiger partial charge in [-0.15, -0.1) is 0 Å². The van der Waals surface area contributed by atoms with Gasteiger partial charge in [0.05, 0.1) is 5.69 Å². The van der Waals surface area contributed by atoms with Crippen LogP contribution in [-0.2, 0) is 11.2 Å². The van der Waals surface area contributed by atoms with Crippen LogP contribution >= 0.6 is 0 Å². The van der Waals surface area contributed by atoms with Gasteiger partial charge in [-0.1, -0.05) is 36.9 Å². The lowest BCUT2D eigenvalue weighted by Gasteiger charge is -2.02. The third kappa shape index (κ3) is 2.88. The zero-order valence-electron chi connectivity index (χ0n) is 11.7. The maximum atomic E-state index is 13.9. The molecule has 0 saturated carbocycles. The Morgan fingerprint density at radius 3 is 2.82 bits per heavy atom. The molecule has 0 unspecified atom stereocenters. The molecule has 1 N–H and O–H groups in total. The molecule has 0 bridgehead atoms. The number of hydrogen-bond acceptors (Lipinski definition) is 3. The molecular formula is C17H13FN2O2. The Morgan fingerprint density at radius 2 is 2.09 bits per heavy atom. The number of carbonyl (C=O) groups excluding carboxylic acids is 1. The average molecular weight is 296 g/mol. The largest absolute Gasteiger partial charge is 0.440 e. The minimum atomic E-state index is -0.579. The van der Waals surface area contributed by atoms with Crippen molar-refractivity contribution in [1.29, 1.82) is 0 Å². The first-order valence-corrected chi connectivity index (χ1v) is 6.72. The molecule has 0 aliphatic rings. The van der Waals surface area contributed by atoms with Crippen LogP contribution < -0.4 is 5.32 Å². The fourth-order valence-electron chi connectivity index (χ4n) is 2.12. The number of fused-ring (bicyclic) bond motifs is 1. The van der Waals surface area contributed by atoms with E-state index < -0.39 is 11.7 Å². The molecule has 5 heteroatoms. The molecule has 0 aliphatic heterocycles. The van der Waals surface area contributed by atoms with Crippen molar-refractivity contribution in [1.82, 2.24) is 4.98 Å².